The summed E-state index contributed by atoms with van der Waals surface area (Å²) in [4.78, 5) is 22.2. The van der Waals surface area contributed by atoms with E-state index in [4.69, 9.17) is 4.74 Å². The zero-order chi connectivity index (χ0) is 30.5. The minimum atomic E-state index is -0.594. The van der Waals surface area contributed by atoms with Crippen LogP contribution in [0.15, 0.2) is 42.9 Å². The van der Waals surface area contributed by atoms with Crippen molar-refractivity contribution in [2.45, 2.75) is 57.4 Å². The van der Waals surface area contributed by atoms with Crippen molar-refractivity contribution < 1.29 is 18.3 Å². The van der Waals surface area contributed by atoms with Crippen LogP contribution in [-0.4, -0.2) is 80.3 Å². The van der Waals surface area contributed by atoms with Gasteiger partial charge in [0.15, 0.2) is 0 Å². The number of hydrogen-bond donors (Lipinski definition) is 0. The summed E-state index contributed by atoms with van der Waals surface area (Å²) in [6, 6.07) is 6.07. The van der Waals surface area contributed by atoms with Crippen LogP contribution in [0.3, 0.4) is 0 Å². The number of nitrogens with zero attached hydrogens (tertiary/aromatic N) is 6. The molecular formula is C34H40F2N6O2. The van der Waals surface area contributed by atoms with Crippen molar-refractivity contribution in [3.05, 3.63) is 77.1 Å². The van der Waals surface area contributed by atoms with Crippen molar-refractivity contribution in [3.8, 4) is 11.1 Å². The summed E-state index contributed by atoms with van der Waals surface area (Å²) in [6.45, 7) is 7.95. The molecule has 7 rings (SSSR count). The number of aryl methyl sites for hydroxylation is 2. The van der Waals surface area contributed by atoms with Gasteiger partial charge in [-0.25, -0.2) is 9.37 Å². The molecule has 1 atom stereocenters. The number of carbonyl (C=O) groups is 1. The van der Waals surface area contributed by atoms with Crippen LogP contribution in [-0.2, 0) is 11.8 Å². The molecule has 1 aliphatic carbocycles. The molecule has 1 aromatic carbocycles. The van der Waals surface area contributed by atoms with Crippen LogP contribution < -0.4 is 0 Å². The summed E-state index contributed by atoms with van der Waals surface area (Å²) in [5.41, 5.74) is 4.06. The van der Waals surface area contributed by atoms with Gasteiger partial charge in [-0.1, -0.05) is 6.07 Å². The maximum Gasteiger partial charge on any atom is 0.254 e. The maximum absolute atomic E-state index is 15.3. The summed E-state index contributed by atoms with van der Waals surface area (Å²) in [5.74, 6) is 0.768. The van der Waals surface area contributed by atoms with Crippen LogP contribution in [0.1, 0.15) is 71.8 Å². The number of rotatable bonds is 6. The van der Waals surface area contributed by atoms with Crippen LogP contribution in [0, 0.1) is 24.6 Å². The second kappa shape index (κ2) is 11.7. The lowest BCUT2D eigenvalue weighted by molar-refractivity contribution is 0.00361. The zero-order valence-corrected chi connectivity index (χ0v) is 25.7. The van der Waals surface area contributed by atoms with Crippen LogP contribution in [0.25, 0.3) is 16.6 Å². The number of ether oxygens (including phenoxy) is 1. The third-order valence-electron chi connectivity index (χ3n) is 10.0. The predicted molar refractivity (Wildman–Crippen MR) is 164 cm³/mol. The van der Waals surface area contributed by atoms with E-state index in [0.29, 0.717) is 54.1 Å². The number of likely N-dealkylation sites (tertiary alicyclic amines) is 1. The molecule has 2 aliphatic heterocycles. The average molecular weight is 603 g/mol. The molecule has 1 amide bonds. The Hall–Kier alpha value is -3.63. The van der Waals surface area contributed by atoms with E-state index >= 15 is 4.39 Å². The third kappa shape index (κ3) is 5.43. The monoisotopic (exact) mass is 602 g/mol. The Kier molecular flexibility index (Phi) is 7.74. The standard InChI is InChI=1S/C34H40F2N6O2/c1-21-20-44-11-10-41(21)34(43)31-13-28(35)8-9-29(31)30-12-25(19-42-22(2)38-33(36)32(30)42)27-17-40(18-27)15-23-4-6-24(7-5-23)26-14-37-39(3)16-26/h8-9,12-14,16,19,21,23-24,27H,4-7,10-11,15,17-18,20H2,1-3H3/t21-,23?,24?/m1/s1. The van der Waals surface area contributed by atoms with Crippen molar-refractivity contribution in [2.24, 2.45) is 13.0 Å². The van der Waals surface area contributed by atoms with Gasteiger partial charge in [-0.15, -0.1) is 0 Å². The van der Waals surface area contributed by atoms with E-state index in [-0.39, 0.29) is 23.4 Å². The average Bonchev–Trinajstić information content (AvgIpc) is 3.56. The third-order valence-corrected chi connectivity index (χ3v) is 10.0. The summed E-state index contributed by atoms with van der Waals surface area (Å²) >= 11 is 0. The first-order chi connectivity index (χ1) is 21.2. The first-order valence-corrected chi connectivity index (χ1v) is 15.8. The molecule has 2 saturated heterocycles. The quantitative estimate of drug-likeness (QED) is 0.289. The zero-order valence-electron chi connectivity index (χ0n) is 25.7. The van der Waals surface area contributed by atoms with Crippen molar-refractivity contribution >= 4 is 11.4 Å². The molecule has 232 valence electrons. The number of benzene rings is 1. The molecule has 0 unspecified atom stereocenters. The first-order valence-electron chi connectivity index (χ1n) is 15.8. The number of fused-ring (bicyclic) bond motifs is 1. The number of carbonyl (C=O) groups excluding carboxylic acids is 1. The van der Waals surface area contributed by atoms with Crippen LogP contribution in [0.2, 0.25) is 0 Å². The normalized spacial score (nSPS) is 23.3. The SMILES string of the molecule is Cc1nc(F)c2c(-c3ccc(F)cc3C(=O)N3CCOC[C@H]3C)cc(C3CN(CC4CCC(c5cnn(C)c5)CC4)C3)cn12. The molecule has 10 heteroatoms. The van der Waals surface area contributed by atoms with Gasteiger partial charge in [-0.2, -0.15) is 9.49 Å². The van der Waals surface area contributed by atoms with Crippen molar-refractivity contribution in [2.75, 3.05) is 39.4 Å². The molecule has 5 heterocycles. The predicted octanol–water partition coefficient (Wildman–Crippen LogP) is 5.56. The van der Waals surface area contributed by atoms with Crippen molar-refractivity contribution in [3.63, 3.8) is 0 Å². The van der Waals surface area contributed by atoms with Gasteiger partial charge in [0.05, 0.1) is 31.0 Å². The molecule has 0 spiro atoms. The Morgan fingerprint density at radius 1 is 1.02 bits per heavy atom. The highest BCUT2D eigenvalue weighted by molar-refractivity contribution is 6.03. The topological polar surface area (TPSA) is 67.9 Å². The Balaban J connectivity index is 1.12. The number of morpholine rings is 1. The van der Waals surface area contributed by atoms with Gasteiger partial charge in [0.25, 0.3) is 5.91 Å². The van der Waals surface area contributed by atoms with E-state index in [1.54, 1.807) is 22.3 Å². The fourth-order valence-corrected chi connectivity index (χ4v) is 7.49. The van der Waals surface area contributed by atoms with Crippen LogP contribution >= 0.6 is 0 Å². The van der Waals surface area contributed by atoms with Gasteiger partial charge in [0, 0.05) is 57.1 Å². The summed E-state index contributed by atoms with van der Waals surface area (Å²) in [7, 11) is 1.98. The molecule has 3 aromatic heterocycles. The number of hydrogen-bond acceptors (Lipinski definition) is 5. The first kappa shape index (κ1) is 29.1. The molecule has 3 fully saturated rings. The molecule has 3 aliphatic rings. The largest absolute Gasteiger partial charge is 0.377 e. The van der Waals surface area contributed by atoms with E-state index in [9.17, 15) is 9.18 Å². The van der Waals surface area contributed by atoms with E-state index < -0.39 is 11.8 Å². The van der Waals surface area contributed by atoms with Gasteiger partial charge in [0.2, 0.25) is 5.95 Å². The van der Waals surface area contributed by atoms with Crippen molar-refractivity contribution in [1.29, 1.82) is 0 Å². The van der Waals surface area contributed by atoms with Crippen LogP contribution in [0.5, 0.6) is 0 Å². The number of amides is 1. The van der Waals surface area contributed by atoms with Gasteiger partial charge in [-0.05, 0) is 86.3 Å². The molecule has 0 radical (unpaired) electrons. The Morgan fingerprint density at radius 3 is 2.55 bits per heavy atom. The Morgan fingerprint density at radius 2 is 1.82 bits per heavy atom. The van der Waals surface area contributed by atoms with E-state index in [1.807, 2.05) is 37.1 Å². The lowest BCUT2D eigenvalue weighted by Gasteiger charge is -2.42. The van der Waals surface area contributed by atoms with E-state index in [1.165, 1.54) is 43.4 Å². The fourth-order valence-electron chi connectivity index (χ4n) is 7.49. The van der Waals surface area contributed by atoms with Crippen molar-refractivity contribution in [1.82, 2.24) is 29.0 Å². The number of aromatic nitrogens is 4. The molecule has 44 heavy (non-hydrogen) atoms. The minimum absolute atomic E-state index is 0.140. The molecule has 0 N–H and O–H groups in total. The highest BCUT2D eigenvalue weighted by atomic mass is 19.1. The van der Waals surface area contributed by atoms with Gasteiger partial charge in [0.1, 0.15) is 17.2 Å². The summed E-state index contributed by atoms with van der Waals surface area (Å²) < 4.78 is 39.1. The Bertz CT molecular complexity index is 1680. The highest BCUT2D eigenvalue weighted by Crippen LogP contribution is 2.39. The molecular weight excluding hydrogens is 562 g/mol. The van der Waals surface area contributed by atoms with Gasteiger partial charge < -0.3 is 18.9 Å². The molecule has 1 saturated carbocycles. The maximum atomic E-state index is 15.3. The minimum Gasteiger partial charge on any atom is -0.377 e. The Labute approximate surface area is 256 Å². The summed E-state index contributed by atoms with van der Waals surface area (Å²) in [6.07, 6.45) is 11.0. The second-order valence-electron chi connectivity index (χ2n) is 13.0. The molecule has 4 aromatic rings. The smallest absolute Gasteiger partial charge is 0.254 e. The second-order valence-corrected chi connectivity index (χ2v) is 13.0. The van der Waals surface area contributed by atoms with E-state index in [0.717, 1.165) is 25.2 Å². The van der Waals surface area contributed by atoms with Crippen LogP contribution in [0.4, 0.5) is 8.78 Å². The molecule has 8 nitrogen and oxygen atoms in total. The molecule has 0 bridgehead atoms. The van der Waals surface area contributed by atoms with Gasteiger partial charge >= 0.3 is 0 Å². The lowest BCUT2D eigenvalue weighted by Crippen LogP contribution is -2.47. The summed E-state index contributed by atoms with van der Waals surface area (Å²) in [5, 5.41) is 4.35. The number of halogens is 2. The van der Waals surface area contributed by atoms with E-state index in [2.05, 4.69) is 21.2 Å². The lowest BCUT2D eigenvalue weighted by atomic mass is 9.78. The number of imidazole rings is 1. The number of pyridine rings is 1. The fraction of sp³-hybridized carbons (Fsp3) is 0.500. The highest BCUT2D eigenvalue weighted by Gasteiger charge is 2.34. The van der Waals surface area contributed by atoms with Gasteiger partial charge in [-0.3, -0.25) is 9.48 Å².